The summed E-state index contributed by atoms with van der Waals surface area (Å²) in [5, 5.41) is 17.0. The number of hydrogen-bond donors (Lipinski definition) is 2. The summed E-state index contributed by atoms with van der Waals surface area (Å²) in [5.74, 6) is 0. The van der Waals surface area contributed by atoms with Crippen molar-refractivity contribution in [2.75, 3.05) is 5.32 Å². The third kappa shape index (κ3) is 4.72. The first kappa shape index (κ1) is 18.2. The average molecular weight is 420 g/mol. The van der Waals surface area contributed by atoms with Crippen LogP contribution in [0.1, 0.15) is 18.4 Å². The molecule has 2 aromatic rings. The van der Waals surface area contributed by atoms with Gasteiger partial charge < -0.3 is 15.4 Å². The number of hydrogen-bond acceptors (Lipinski definition) is 5. The van der Waals surface area contributed by atoms with Gasteiger partial charge in [0.1, 0.15) is 6.61 Å². The van der Waals surface area contributed by atoms with Gasteiger partial charge in [-0.15, -0.1) is 0 Å². The van der Waals surface area contributed by atoms with Gasteiger partial charge in [-0.2, -0.15) is 0 Å². The molecule has 0 unspecified atom stereocenters. The molecule has 1 saturated carbocycles. The van der Waals surface area contributed by atoms with Crippen LogP contribution in [0, 0.1) is 10.1 Å². The van der Waals surface area contributed by atoms with Crippen LogP contribution in [0.4, 0.5) is 16.2 Å². The summed E-state index contributed by atoms with van der Waals surface area (Å²) < 4.78 is 5.64. The Morgan fingerprint density at radius 1 is 1.19 bits per heavy atom. The van der Waals surface area contributed by atoms with Crippen molar-refractivity contribution in [3.05, 3.63) is 68.7 Å². The number of carbonyl (C=O) groups excluding carboxylic acids is 1. The number of anilines is 1. The summed E-state index contributed by atoms with van der Waals surface area (Å²) in [4.78, 5) is 22.3. The maximum Gasteiger partial charge on any atom is 0.407 e. The fourth-order valence-corrected chi connectivity index (χ4v) is 3.15. The van der Waals surface area contributed by atoms with Crippen molar-refractivity contribution in [2.24, 2.45) is 0 Å². The standard InChI is InChI=1S/C18H18BrN3O4/c19-16-7-6-13(10-17(16)22(24)25)20-14-8-15(9-14)21-18(23)26-11-12-4-2-1-3-5-12/h1-7,10,14-15,20H,8-9,11H2,(H,21,23). The van der Waals surface area contributed by atoms with Crippen LogP contribution in [0.3, 0.4) is 0 Å². The van der Waals surface area contributed by atoms with Crippen molar-refractivity contribution in [1.82, 2.24) is 5.32 Å². The van der Waals surface area contributed by atoms with Gasteiger partial charge in [-0.05, 0) is 46.5 Å². The van der Waals surface area contributed by atoms with Crippen LogP contribution in [0.5, 0.6) is 0 Å². The van der Waals surface area contributed by atoms with E-state index in [0.29, 0.717) is 10.2 Å². The molecular formula is C18H18BrN3O4. The monoisotopic (exact) mass is 419 g/mol. The number of ether oxygens (including phenoxy) is 1. The van der Waals surface area contributed by atoms with Crippen molar-refractivity contribution < 1.29 is 14.5 Å². The molecule has 0 heterocycles. The molecule has 1 amide bonds. The number of rotatable bonds is 6. The van der Waals surface area contributed by atoms with Crippen LogP contribution in [0.25, 0.3) is 0 Å². The Hall–Kier alpha value is -2.61. The number of carbonyl (C=O) groups is 1. The highest BCUT2D eigenvalue weighted by atomic mass is 79.9. The van der Waals surface area contributed by atoms with E-state index in [4.69, 9.17) is 4.74 Å². The predicted molar refractivity (Wildman–Crippen MR) is 101 cm³/mol. The second kappa shape index (κ2) is 8.18. The van der Waals surface area contributed by atoms with Gasteiger partial charge >= 0.3 is 6.09 Å². The number of amides is 1. The number of alkyl carbamates (subject to hydrolysis) is 1. The molecule has 0 atom stereocenters. The van der Waals surface area contributed by atoms with Crippen LogP contribution >= 0.6 is 15.9 Å². The zero-order chi connectivity index (χ0) is 18.5. The largest absolute Gasteiger partial charge is 0.445 e. The lowest BCUT2D eigenvalue weighted by atomic mass is 9.86. The second-order valence-corrected chi connectivity index (χ2v) is 6.99. The molecule has 8 heteroatoms. The Bertz CT molecular complexity index is 794. The summed E-state index contributed by atoms with van der Waals surface area (Å²) in [6.07, 6.45) is 1.05. The first-order valence-electron chi connectivity index (χ1n) is 8.19. The summed E-state index contributed by atoms with van der Waals surface area (Å²) >= 11 is 3.17. The van der Waals surface area contributed by atoms with Crippen LogP contribution in [-0.4, -0.2) is 23.1 Å². The van der Waals surface area contributed by atoms with Crippen molar-refractivity contribution >= 4 is 33.4 Å². The first-order chi connectivity index (χ1) is 12.5. The van der Waals surface area contributed by atoms with E-state index >= 15 is 0 Å². The highest BCUT2D eigenvalue weighted by Crippen LogP contribution is 2.30. The molecule has 0 aromatic heterocycles. The van der Waals surface area contributed by atoms with Gasteiger partial charge in [0.05, 0.1) is 9.40 Å². The molecule has 1 fully saturated rings. The highest BCUT2D eigenvalue weighted by Gasteiger charge is 2.31. The Kier molecular flexibility index (Phi) is 5.72. The van der Waals surface area contributed by atoms with E-state index in [1.165, 1.54) is 6.07 Å². The molecule has 0 radical (unpaired) electrons. The minimum absolute atomic E-state index is 0.0217. The quantitative estimate of drug-likeness (QED) is 0.539. The van der Waals surface area contributed by atoms with Gasteiger partial charge in [-0.3, -0.25) is 10.1 Å². The molecule has 0 saturated heterocycles. The van der Waals surface area contributed by atoms with Crippen LogP contribution in [0.2, 0.25) is 0 Å². The van der Waals surface area contributed by atoms with Crippen molar-refractivity contribution in [2.45, 2.75) is 31.5 Å². The summed E-state index contributed by atoms with van der Waals surface area (Å²) in [7, 11) is 0. The number of halogens is 1. The van der Waals surface area contributed by atoms with Crippen LogP contribution in [-0.2, 0) is 11.3 Å². The van der Waals surface area contributed by atoms with E-state index in [-0.39, 0.29) is 24.4 Å². The van der Waals surface area contributed by atoms with Gasteiger partial charge in [0.2, 0.25) is 0 Å². The number of nitrogens with one attached hydrogen (secondary N) is 2. The maximum atomic E-state index is 11.8. The molecule has 1 aliphatic carbocycles. The SMILES string of the molecule is O=C(NC1CC(Nc2ccc(Br)c([N+](=O)[O-])c2)C1)OCc1ccccc1. The second-order valence-electron chi connectivity index (χ2n) is 6.14. The van der Waals surface area contributed by atoms with Gasteiger partial charge in [-0.1, -0.05) is 30.3 Å². The average Bonchev–Trinajstić information content (AvgIpc) is 2.60. The van der Waals surface area contributed by atoms with E-state index in [9.17, 15) is 14.9 Å². The van der Waals surface area contributed by atoms with E-state index in [0.717, 1.165) is 18.4 Å². The molecular weight excluding hydrogens is 402 g/mol. The molecule has 2 N–H and O–H groups in total. The van der Waals surface area contributed by atoms with E-state index < -0.39 is 11.0 Å². The fraction of sp³-hybridized carbons (Fsp3) is 0.278. The Morgan fingerprint density at radius 2 is 1.92 bits per heavy atom. The molecule has 1 aliphatic rings. The zero-order valence-corrected chi connectivity index (χ0v) is 15.4. The van der Waals surface area contributed by atoms with Gasteiger partial charge in [0.25, 0.3) is 5.69 Å². The number of nitro benzene ring substituents is 1. The smallest absolute Gasteiger partial charge is 0.407 e. The summed E-state index contributed by atoms with van der Waals surface area (Å²) in [5.41, 5.74) is 1.65. The van der Waals surface area contributed by atoms with Crippen LogP contribution in [0.15, 0.2) is 53.0 Å². The minimum atomic E-state index is -0.434. The van der Waals surface area contributed by atoms with Gasteiger partial charge in [-0.25, -0.2) is 4.79 Å². The normalized spacial score (nSPS) is 18.5. The van der Waals surface area contributed by atoms with Crippen molar-refractivity contribution in [3.8, 4) is 0 Å². The molecule has 0 bridgehead atoms. The van der Waals surface area contributed by atoms with Crippen molar-refractivity contribution in [1.29, 1.82) is 0 Å². The zero-order valence-electron chi connectivity index (χ0n) is 13.9. The summed E-state index contributed by atoms with van der Waals surface area (Å²) in [6, 6.07) is 14.6. The predicted octanol–water partition coefficient (Wildman–Crippen LogP) is 4.23. The number of nitrogens with zero attached hydrogens (tertiary/aromatic N) is 1. The van der Waals surface area contributed by atoms with Gasteiger partial charge in [0.15, 0.2) is 0 Å². The molecule has 0 spiro atoms. The lowest BCUT2D eigenvalue weighted by Crippen LogP contribution is -2.49. The third-order valence-electron chi connectivity index (χ3n) is 4.19. The van der Waals surface area contributed by atoms with Gasteiger partial charge in [0, 0.05) is 23.8 Å². The summed E-state index contributed by atoms with van der Waals surface area (Å²) in [6.45, 7) is 0.240. The van der Waals surface area contributed by atoms with E-state index in [1.54, 1.807) is 12.1 Å². The van der Waals surface area contributed by atoms with E-state index in [2.05, 4.69) is 26.6 Å². The topological polar surface area (TPSA) is 93.5 Å². The molecule has 2 aromatic carbocycles. The first-order valence-corrected chi connectivity index (χ1v) is 8.98. The molecule has 0 aliphatic heterocycles. The third-order valence-corrected chi connectivity index (χ3v) is 4.86. The Balaban J connectivity index is 1.41. The molecule has 7 nitrogen and oxygen atoms in total. The molecule has 3 rings (SSSR count). The maximum absolute atomic E-state index is 11.8. The lowest BCUT2D eigenvalue weighted by Gasteiger charge is -2.36. The highest BCUT2D eigenvalue weighted by molar-refractivity contribution is 9.10. The Morgan fingerprint density at radius 3 is 2.62 bits per heavy atom. The van der Waals surface area contributed by atoms with Crippen molar-refractivity contribution in [3.63, 3.8) is 0 Å². The number of nitro groups is 1. The molecule has 136 valence electrons. The fourth-order valence-electron chi connectivity index (χ4n) is 2.76. The lowest BCUT2D eigenvalue weighted by molar-refractivity contribution is -0.385. The van der Waals surface area contributed by atoms with Crippen LogP contribution < -0.4 is 10.6 Å². The minimum Gasteiger partial charge on any atom is -0.445 e. The van der Waals surface area contributed by atoms with E-state index in [1.807, 2.05) is 30.3 Å². The Labute approximate surface area is 159 Å². The number of benzene rings is 2. The molecule has 26 heavy (non-hydrogen) atoms.